The third-order valence-corrected chi connectivity index (χ3v) is 2.42. The van der Waals surface area contributed by atoms with Gasteiger partial charge in [-0.3, -0.25) is 4.79 Å². The SMILES string of the molecule is Cc1cc(=O)cc(C)n1-c1ccccc1.Cl. The van der Waals surface area contributed by atoms with Crippen LogP contribution < -0.4 is 5.43 Å². The molecular formula is C13H14ClNO. The lowest BCUT2D eigenvalue weighted by atomic mass is 10.2. The highest BCUT2D eigenvalue weighted by Gasteiger charge is 2.02. The zero-order valence-corrected chi connectivity index (χ0v) is 10.1. The van der Waals surface area contributed by atoms with Crippen molar-refractivity contribution in [3.8, 4) is 5.69 Å². The molecule has 0 spiro atoms. The van der Waals surface area contributed by atoms with E-state index in [1.165, 1.54) is 0 Å². The van der Waals surface area contributed by atoms with Gasteiger partial charge >= 0.3 is 0 Å². The van der Waals surface area contributed by atoms with Gasteiger partial charge < -0.3 is 4.57 Å². The molecule has 1 aromatic carbocycles. The minimum absolute atomic E-state index is 0. The molecular weight excluding hydrogens is 222 g/mol. The summed E-state index contributed by atoms with van der Waals surface area (Å²) in [4.78, 5) is 11.3. The minimum Gasteiger partial charge on any atom is -0.318 e. The third-order valence-electron chi connectivity index (χ3n) is 2.42. The number of rotatable bonds is 1. The summed E-state index contributed by atoms with van der Waals surface area (Å²) in [7, 11) is 0. The van der Waals surface area contributed by atoms with E-state index < -0.39 is 0 Å². The molecule has 0 fully saturated rings. The number of nitrogens with zero attached hydrogens (tertiary/aromatic N) is 1. The van der Waals surface area contributed by atoms with Crippen LogP contribution in [0, 0.1) is 13.8 Å². The molecule has 3 heteroatoms. The Morgan fingerprint density at radius 2 is 1.44 bits per heavy atom. The molecule has 1 heterocycles. The molecule has 0 amide bonds. The summed E-state index contributed by atoms with van der Waals surface area (Å²) < 4.78 is 2.07. The van der Waals surface area contributed by atoms with Gasteiger partial charge in [0.2, 0.25) is 0 Å². The quantitative estimate of drug-likeness (QED) is 0.745. The molecule has 2 aromatic rings. The van der Waals surface area contributed by atoms with E-state index in [0.29, 0.717) is 0 Å². The summed E-state index contributed by atoms with van der Waals surface area (Å²) in [6.07, 6.45) is 0. The van der Waals surface area contributed by atoms with Crippen LogP contribution in [0.4, 0.5) is 0 Å². The number of aromatic nitrogens is 1. The number of hydrogen-bond donors (Lipinski definition) is 0. The molecule has 0 bridgehead atoms. The smallest absolute Gasteiger partial charge is 0.182 e. The summed E-state index contributed by atoms with van der Waals surface area (Å²) >= 11 is 0. The van der Waals surface area contributed by atoms with Gasteiger partial charge in [-0.25, -0.2) is 0 Å². The molecule has 0 aliphatic rings. The molecule has 0 unspecified atom stereocenters. The molecule has 1 aromatic heterocycles. The summed E-state index contributed by atoms with van der Waals surface area (Å²) in [6, 6.07) is 13.3. The largest absolute Gasteiger partial charge is 0.318 e. The molecule has 16 heavy (non-hydrogen) atoms. The van der Waals surface area contributed by atoms with Crippen LogP contribution in [-0.2, 0) is 0 Å². The molecule has 2 rings (SSSR count). The Balaban J connectivity index is 0.00000128. The van der Waals surface area contributed by atoms with E-state index in [-0.39, 0.29) is 17.8 Å². The predicted molar refractivity (Wildman–Crippen MR) is 68.8 cm³/mol. The number of benzene rings is 1. The van der Waals surface area contributed by atoms with E-state index in [2.05, 4.69) is 4.57 Å². The Labute approximate surface area is 101 Å². The second kappa shape index (κ2) is 4.99. The first kappa shape index (κ1) is 12.5. The number of pyridine rings is 1. The summed E-state index contributed by atoms with van der Waals surface area (Å²) in [5.74, 6) is 0. The summed E-state index contributed by atoms with van der Waals surface area (Å²) in [6.45, 7) is 3.89. The number of para-hydroxylation sites is 1. The lowest BCUT2D eigenvalue weighted by molar-refractivity contribution is 0.922. The van der Waals surface area contributed by atoms with Crippen LogP contribution in [0.3, 0.4) is 0 Å². The Hall–Kier alpha value is -1.54. The first-order valence-electron chi connectivity index (χ1n) is 4.94. The van der Waals surface area contributed by atoms with E-state index in [4.69, 9.17) is 0 Å². The van der Waals surface area contributed by atoms with Crippen molar-refractivity contribution in [2.75, 3.05) is 0 Å². The van der Waals surface area contributed by atoms with E-state index in [1.807, 2.05) is 44.2 Å². The molecule has 0 atom stereocenters. The molecule has 0 aliphatic carbocycles. The van der Waals surface area contributed by atoms with Crippen molar-refractivity contribution in [1.29, 1.82) is 0 Å². The van der Waals surface area contributed by atoms with Crippen LogP contribution in [0.2, 0.25) is 0 Å². The summed E-state index contributed by atoms with van der Waals surface area (Å²) in [5, 5.41) is 0. The molecule has 0 saturated carbocycles. The first-order chi connectivity index (χ1) is 7.18. The van der Waals surface area contributed by atoms with Gasteiger partial charge in [-0.15, -0.1) is 12.4 Å². The number of halogens is 1. The molecule has 84 valence electrons. The highest BCUT2D eigenvalue weighted by atomic mass is 35.5. The van der Waals surface area contributed by atoms with Crippen LogP contribution in [0.15, 0.2) is 47.3 Å². The van der Waals surface area contributed by atoms with Gasteiger partial charge in [0.05, 0.1) is 0 Å². The molecule has 2 nitrogen and oxygen atoms in total. The van der Waals surface area contributed by atoms with Gasteiger partial charge in [0.25, 0.3) is 0 Å². The second-order valence-corrected chi connectivity index (χ2v) is 3.64. The lowest BCUT2D eigenvalue weighted by Gasteiger charge is -2.13. The van der Waals surface area contributed by atoms with Gasteiger partial charge in [-0.2, -0.15) is 0 Å². The van der Waals surface area contributed by atoms with Crippen LogP contribution in [0.1, 0.15) is 11.4 Å². The fourth-order valence-corrected chi connectivity index (χ4v) is 1.85. The van der Waals surface area contributed by atoms with Gasteiger partial charge in [0.1, 0.15) is 0 Å². The molecule has 0 radical (unpaired) electrons. The molecule has 0 saturated heterocycles. The monoisotopic (exact) mass is 235 g/mol. The Morgan fingerprint density at radius 3 is 1.94 bits per heavy atom. The van der Waals surface area contributed by atoms with Crippen molar-refractivity contribution in [3.63, 3.8) is 0 Å². The van der Waals surface area contributed by atoms with Crippen LogP contribution in [-0.4, -0.2) is 4.57 Å². The Bertz CT molecular complexity index is 505. The lowest BCUT2D eigenvalue weighted by Crippen LogP contribution is -2.10. The highest BCUT2D eigenvalue weighted by Crippen LogP contribution is 2.11. The highest BCUT2D eigenvalue weighted by molar-refractivity contribution is 5.85. The van der Waals surface area contributed by atoms with Crippen molar-refractivity contribution in [2.45, 2.75) is 13.8 Å². The van der Waals surface area contributed by atoms with E-state index in [1.54, 1.807) is 12.1 Å². The fourth-order valence-electron chi connectivity index (χ4n) is 1.85. The van der Waals surface area contributed by atoms with Gasteiger partial charge in [0, 0.05) is 29.2 Å². The maximum atomic E-state index is 11.3. The van der Waals surface area contributed by atoms with Crippen LogP contribution in [0.25, 0.3) is 5.69 Å². The maximum absolute atomic E-state index is 11.3. The van der Waals surface area contributed by atoms with Gasteiger partial charge in [-0.05, 0) is 26.0 Å². The van der Waals surface area contributed by atoms with Crippen molar-refractivity contribution < 1.29 is 0 Å². The van der Waals surface area contributed by atoms with Crippen LogP contribution >= 0.6 is 12.4 Å². The zero-order valence-electron chi connectivity index (χ0n) is 9.31. The topological polar surface area (TPSA) is 22.0 Å². The van der Waals surface area contributed by atoms with E-state index in [0.717, 1.165) is 17.1 Å². The normalized spacial score (nSPS) is 9.62. The zero-order chi connectivity index (χ0) is 10.8. The molecule has 0 N–H and O–H groups in total. The van der Waals surface area contributed by atoms with Crippen molar-refractivity contribution in [1.82, 2.24) is 4.57 Å². The van der Waals surface area contributed by atoms with Gasteiger partial charge in [-0.1, -0.05) is 18.2 Å². The predicted octanol–water partition coefficient (Wildman–Crippen LogP) is 2.88. The fraction of sp³-hybridized carbons (Fsp3) is 0.154. The second-order valence-electron chi connectivity index (χ2n) is 3.64. The molecule has 0 aliphatic heterocycles. The van der Waals surface area contributed by atoms with Crippen molar-refractivity contribution in [2.24, 2.45) is 0 Å². The number of aryl methyl sites for hydroxylation is 2. The van der Waals surface area contributed by atoms with Crippen molar-refractivity contribution in [3.05, 3.63) is 64.1 Å². The first-order valence-corrected chi connectivity index (χ1v) is 4.94. The van der Waals surface area contributed by atoms with Crippen molar-refractivity contribution >= 4 is 12.4 Å². The average Bonchev–Trinajstić information content (AvgIpc) is 2.17. The Morgan fingerprint density at radius 1 is 0.938 bits per heavy atom. The standard InChI is InChI=1S/C13H13NO.ClH/c1-10-8-13(15)9-11(2)14(10)12-6-4-3-5-7-12;/h3-9H,1-2H3;1H. The maximum Gasteiger partial charge on any atom is 0.182 e. The Kier molecular flexibility index (Phi) is 3.91. The minimum atomic E-state index is 0. The van der Waals surface area contributed by atoms with Crippen LogP contribution in [0.5, 0.6) is 0 Å². The van der Waals surface area contributed by atoms with E-state index >= 15 is 0 Å². The average molecular weight is 236 g/mol. The number of hydrogen-bond acceptors (Lipinski definition) is 1. The summed E-state index contributed by atoms with van der Waals surface area (Å²) in [5.41, 5.74) is 3.09. The third kappa shape index (κ3) is 2.34. The van der Waals surface area contributed by atoms with E-state index in [9.17, 15) is 4.79 Å². The van der Waals surface area contributed by atoms with Gasteiger partial charge in [0.15, 0.2) is 5.43 Å².